The fourth-order valence-electron chi connectivity index (χ4n) is 5.24. The summed E-state index contributed by atoms with van der Waals surface area (Å²) in [4.78, 5) is 30.7. The standard InChI is InChI=1S/C25H34N6O8/c1-14(19(30(2)3)23(34)36-10-15-6-4-5-7-15)38-24(35)37-11-17-20(32)21(33)25(12-26,39-17)18-9-8-16-22(27)28-13-29-31(16)18/h8-9,13-15,17,19-21,32-33H,4-7,10-11H2,1-3H3,(H2,27,28,29)/t14-,17-,19-,20-,21-,25+/m1/s1. The fourth-order valence-corrected chi connectivity index (χ4v) is 5.24. The number of nitrogen functional groups attached to an aromatic ring is 1. The van der Waals surface area contributed by atoms with E-state index in [2.05, 4.69) is 10.1 Å². The third-order valence-electron chi connectivity index (χ3n) is 7.31. The number of aliphatic hydroxyl groups excluding tert-OH is 2. The Morgan fingerprint density at radius 3 is 2.67 bits per heavy atom. The molecule has 6 atom stereocenters. The fraction of sp³-hybridized carbons (Fsp3) is 0.640. The minimum absolute atomic E-state index is 0.115. The number of fused-ring (bicyclic) bond motifs is 1. The summed E-state index contributed by atoms with van der Waals surface area (Å²) < 4.78 is 23.0. The van der Waals surface area contributed by atoms with Crippen molar-refractivity contribution in [3.63, 3.8) is 0 Å². The number of anilines is 1. The number of likely N-dealkylation sites (N-methyl/N-ethyl adjacent to an activating group) is 1. The highest BCUT2D eigenvalue weighted by atomic mass is 16.7. The van der Waals surface area contributed by atoms with Crippen LogP contribution in [-0.4, -0.2) is 99.6 Å². The Hall–Kier alpha value is -3.51. The van der Waals surface area contributed by atoms with Crippen molar-refractivity contribution in [3.05, 3.63) is 24.2 Å². The van der Waals surface area contributed by atoms with Crippen LogP contribution in [0.1, 0.15) is 38.3 Å². The van der Waals surface area contributed by atoms with Gasteiger partial charge in [-0.25, -0.2) is 14.3 Å². The van der Waals surface area contributed by atoms with Crippen molar-refractivity contribution in [1.82, 2.24) is 19.5 Å². The van der Waals surface area contributed by atoms with E-state index in [0.717, 1.165) is 25.7 Å². The Morgan fingerprint density at radius 2 is 2.00 bits per heavy atom. The van der Waals surface area contributed by atoms with Crippen LogP contribution in [-0.2, 0) is 29.3 Å². The van der Waals surface area contributed by atoms with Crippen LogP contribution in [0.3, 0.4) is 0 Å². The lowest BCUT2D eigenvalue weighted by Gasteiger charge is -2.28. The van der Waals surface area contributed by atoms with Gasteiger partial charge in [-0.05, 0) is 51.9 Å². The first-order valence-electron chi connectivity index (χ1n) is 12.8. The molecule has 0 radical (unpaired) electrons. The predicted molar refractivity (Wildman–Crippen MR) is 134 cm³/mol. The van der Waals surface area contributed by atoms with Crippen LogP contribution >= 0.6 is 0 Å². The minimum Gasteiger partial charge on any atom is -0.464 e. The number of carbonyl (C=O) groups excluding carboxylic acids is 2. The quantitative estimate of drug-likeness (QED) is 0.365. The molecule has 1 aliphatic carbocycles. The van der Waals surface area contributed by atoms with Gasteiger partial charge in [0.05, 0.1) is 12.3 Å². The number of ether oxygens (including phenoxy) is 4. The van der Waals surface area contributed by atoms with Crippen molar-refractivity contribution in [2.75, 3.05) is 33.0 Å². The Morgan fingerprint density at radius 1 is 1.28 bits per heavy atom. The lowest BCUT2D eigenvalue weighted by molar-refractivity contribution is -0.155. The zero-order chi connectivity index (χ0) is 28.3. The molecule has 4 N–H and O–H groups in total. The molecular weight excluding hydrogens is 512 g/mol. The Bertz CT molecular complexity index is 1220. The van der Waals surface area contributed by atoms with Crippen LogP contribution in [0.25, 0.3) is 5.52 Å². The predicted octanol–water partition coefficient (Wildman–Crippen LogP) is 0.356. The molecule has 0 amide bonds. The van der Waals surface area contributed by atoms with Gasteiger partial charge in [-0.2, -0.15) is 10.4 Å². The number of nitrogens with two attached hydrogens (primary N) is 1. The highest BCUT2D eigenvalue weighted by Crippen LogP contribution is 2.40. The number of carbonyl (C=O) groups is 2. The maximum Gasteiger partial charge on any atom is 0.508 e. The maximum absolute atomic E-state index is 12.7. The van der Waals surface area contributed by atoms with Gasteiger partial charge in [0.2, 0.25) is 5.60 Å². The molecule has 1 saturated heterocycles. The van der Waals surface area contributed by atoms with Gasteiger partial charge in [0.1, 0.15) is 55.0 Å². The van der Waals surface area contributed by atoms with Gasteiger partial charge in [0.25, 0.3) is 0 Å². The molecule has 14 nitrogen and oxygen atoms in total. The van der Waals surface area contributed by atoms with E-state index in [0.29, 0.717) is 18.0 Å². The molecule has 1 aliphatic heterocycles. The maximum atomic E-state index is 12.7. The third kappa shape index (κ3) is 5.62. The van der Waals surface area contributed by atoms with Crippen molar-refractivity contribution in [2.45, 2.75) is 68.7 Å². The van der Waals surface area contributed by atoms with Crippen LogP contribution in [0.15, 0.2) is 18.5 Å². The zero-order valence-electron chi connectivity index (χ0n) is 22.1. The first-order chi connectivity index (χ1) is 18.6. The number of hydrogen-bond donors (Lipinski definition) is 3. The summed E-state index contributed by atoms with van der Waals surface area (Å²) in [5, 5.41) is 35.5. The molecule has 0 aromatic carbocycles. The smallest absolute Gasteiger partial charge is 0.464 e. The Labute approximate surface area is 225 Å². The van der Waals surface area contributed by atoms with Crippen LogP contribution in [0.2, 0.25) is 0 Å². The molecule has 0 unspecified atom stereocenters. The summed E-state index contributed by atoms with van der Waals surface area (Å²) >= 11 is 0. The highest BCUT2D eigenvalue weighted by molar-refractivity contribution is 5.77. The second-order valence-corrected chi connectivity index (χ2v) is 10.2. The normalized spacial score (nSPS) is 26.8. The summed E-state index contributed by atoms with van der Waals surface area (Å²) in [6.45, 7) is 1.33. The number of rotatable bonds is 9. The van der Waals surface area contributed by atoms with Crippen LogP contribution in [0, 0.1) is 17.2 Å². The summed E-state index contributed by atoms with van der Waals surface area (Å²) in [6, 6.07) is 4.08. The molecule has 2 aromatic heterocycles. The molecule has 4 rings (SSSR count). The summed E-state index contributed by atoms with van der Waals surface area (Å²) in [5.74, 6) is -0.0126. The van der Waals surface area contributed by atoms with E-state index in [1.807, 2.05) is 6.07 Å². The van der Waals surface area contributed by atoms with Crippen molar-refractivity contribution in [3.8, 4) is 6.07 Å². The monoisotopic (exact) mass is 546 g/mol. The van der Waals surface area contributed by atoms with E-state index < -0.39 is 54.8 Å². The second-order valence-electron chi connectivity index (χ2n) is 10.2. The first kappa shape index (κ1) is 28.5. The van der Waals surface area contributed by atoms with Gasteiger partial charge in [0.15, 0.2) is 5.82 Å². The van der Waals surface area contributed by atoms with E-state index >= 15 is 0 Å². The molecule has 39 heavy (non-hydrogen) atoms. The number of hydrogen-bond acceptors (Lipinski definition) is 13. The molecule has 3 heterocycles. The summed E-state index contributed by atoms with van der Waals surface area (Å²) in [6.07, 6.45) is -1.11. The number of nitrogens with zero attached hydrogens (tertiary/aromatic N) is 5. The topological polar surface area (TPSA) is 195 Å². The van der Waals surface area contributed by atoms with Gasteiger partial charge < -0.3 is 34.9 Å². The molecule has 0 bridgehead atoms. The summed E-state index contributed by atoms with van der Waals surface area (Å²) in [5.41, 5.74) is 4.32. The molecule has 2 fully saturated rings. The molecule has 2 aliphatic rings. The zero-order valence-corrected chi connectivity index (χ0v) is 22.1. The van der Waals surface area contributed by atoms with E-state index in [1.54, 1.807) is 32.0 Å². The highest BCUT2D eigenvalue weighted by Gasteiger charge is 2.58. The molecule has 212 valence electrons. The van der Waals surface area contributed by atoms with Crippen molar-refractivity contribution in [2.24, 2.45) is 5.92 Å². The molecule has 2 aromatic rings. The van der Waals surface area contributed by atoms with Gasteiger partial charge in [-0.1, -0.05) is 12.8 Å². The van der Waals surface area contributed by atoms with Gasteiger partial charge in [0, 0.05) is 0 Å². The lowest BCUT2D eigenvalue weighted by Crippen LogP contribution is -2.47. The minimum atomic E-state index is -2.03. The van der Waals surface area contributed by atoms with E-state index in [1.165, 1.54) is 16.9 Å². The average Bonchev–Trinajstić information content (AvgIpc) is 3.62. The summed E-state index contributed by atoms with van der Waals surface area (Å²) in [7, 11) is 3.34. The van der Waals surface area contributed by atoms with E-state index in [-0.39, 0.29) is 11.5 Å². The molecule has 1 saturated carbocycles. The number of nitriles is 1. The van der Waals surface area contributed by atoms with E-state index in [4.69, 9.17) is 24.7 Å². The van der Waals surface area contributed by atoms with Crippen LogP contribution < -0.4 is 5.73 Å². The third-order valence-corrected chi connectivity index (χ3v) is 7.31. The van der Waals surface area contributed by atoms with Crippen LogP contribution in [0.5, 0.6) is 0 Å². The van der Waals surface area contributed by atoms with E-state index in [9.17, 15) is 25.1 Å². The van der Waals surface area contributed by atoms with Crippen molar-refractivity contribution >= 4 is 23.5 Å². The van der Waals surface area contributed by atoms with Crippen molar-refractivity contribution < 1.29 is 38.7 Å². The number of esters is 1. The second kappa shape index (κ2) is 11.7. The first-order valence-corrected chi connectivity index (χ1v) is 12.8. The van der Waals surface area contributed by atoms with Gasteiger partial charge >= 0.3 is 12.1 Å². The number of aliphatic hydroxyl groups is 2. The average molecular weight is 547 g/mol. The van der Waals surface area contributed by atoms with Crippen molar-refractivity contribution in [1.29, 1.82) is 5.26 Å². The molecule has 14 heteroatoms. The Kier molecular flexibility index (Phi) is 8.55. The SMILES string of the molecule is C[C@@H](OC(=O)OC[C@H]1O[C@@](C#N)(c2ccc3c(N)ncnn23)[C@H](O)[C@@H]1O)[C@H](C(=O)OCC1CCCC1)N(C)C. The Balaban J connectivity index is 1.37. The molecule has 0 spiro atoms. The number of aromatic nitrogens is 3. The van der Waals surface area contributed by atoms with Gasteiger partial charge in [-0.3, -0.25) is 9.69 Å². The van der Waals surface area contributed by atoms with Crippen LogP contribution in [0.4, 0.5) is 10.6 Å². The van der Waals surface area contributed by atoms with Gasteiger partial charge in [-0.15, -0.1) is 0 Å². The lowest BCUT2D eigenvalue weighted by atomic mass is 9.92. The molecular formula is C25H34N6O8. The largest absolute Gasteiger partial charge is 0.508 e.